The third-order valence-corrected chi connectivity index (χ3v) is 6.56. The van der Waals surface area contributed by atoms with Crippen molar-refractivity contribution in [3.63, 3.8) is 0 Å². The minimum atomic E-state index is -4.54. The summed E-state index contributed by atoms with van der Waals surface area (Å²) in [5.74, 6) is -0.993. The van der Waals surface area contributed by atoms with Crippen molar-refractivity contribution in [1.29, 1.82) is 0 Å². The SMILES string of the molecule is COCCOc1cc(CC(=O)O)cc(S(=O)(=O)c2cccc(-c3cccc(C(F)(F)F)c3)c2)c1. The highest BCUT2D eigenvalue weighted by Gasteiger charge is 2.30. The van der Waals surface area contributed by atoms with Gasteiger partial charge in [0, 0.05) is 7.11 Å². The van der Waals surface area contributed by atoms with Crippen molar-refractivity contribution in [1.82, 2.24) is 0 Å². The lowest BCUT2D eigenvalue weighted by molar-refractivity contribution is -0.138. The van der Waals surface area contributed by atoms with Crippen molar-refractivity contribution in [2.24, 2.45) is 0 Å². The van der Waals surface area contributed by atoms with E-state index in [2.05, 4.69) is 0 Å². The van der Waals surface area contributed by atoms with Crippen molar-refractivity contribution < 1.29 is 41.0 Å². The number of alkyl halides is 3. The van der Waals surface area contributed by atoms with E-state index < -0.39 is 34.0 Å². The van der Waals surface area contributed by atoms with Crippen LogP contribution in [0.25, 0.3) is 11.1 Å². The molecule has 0 saturated heterocycles. The van der Waals surface area contributed by atoms with Crippen LogP contribution in [0.2, 0.25) is 0 Å². The third kappa shape index (κ3) is 6.15. The number of ether oxygens (including phenoxy) is 2. The topological polar surface area (TPSA) is 89.9 Å². The van der Waals surface area contributed by atoms with Crippen LogP contribution in [-0.2, 0) is 32.0 Å². The fourth-order valence-electron chi connectivity index (χ4n) is 3.24. The van der Waals surface area contributed by atoms with Gasteiger partial charge >= 0.3 is 12.1 Å². The highest BCUT2D eigenvalue weighted by atomic mass is 32.2. The summed E-state index contributed by atoms with van der Waals surface area (Å²) in [5, 5.41) is 9.13. The fraction of sp³-hybridized carbons (Fsp3) is 0.208. The van der Waals surface area contributed by atoms with E-state index in [4.69, 9.17) is 14.6 Å². The van der Waals surface area contributed by atoms with Crippen LogP contribution in [0.3, 0.4) is 0 Å². The Bertz CT molecular complexity index is 1290. The molecular weight excluding hydrogens is 473 g/mol. The standard InChI is InChI=1S/C24H21F3O6S/c1-32-8-9-33-20-10-16(12-23(28)29)11-22(15-20)34(30,31)21-7-3-5-18(14-21)17-4-2-6-19(13-17)24(25,26)27/h2-7,10-11,13-15H,8-9,12H2,1H3,(H,28,29). The molecule has 0 aliphatic heterocycles. The first kappa shape index (κ1) is 25.3. The lowest BCUT2D eigenvalue weighted by Gasteiger charge is -2.13. The van der Waals surface area contributed by atoms with Crippen molar-refractivity contribution in [3.8, 4) is 16.9 Å². The van der Waals surface area contributed by atoms with E-state index in [1.165, 1.54) is 61.7 Å². The van der Waals surface area contributed by atoms with Gasteiger partial charge in [0.15, 0.2) is 0 Å². The average molecular weight is 494 g/mol. The fourth-order valence-corrected chi connectivity index (χ4v) is 4.63. The highest BCUT2D eigenvalue weighted by Crippen LogP contribution is 2.34. The van der Waals surface area contributed by atoms with Gasteiger partial charge in [-0.25, -0.2) is 8.42 Å². The Hall–Kier alpha value is -3.37. The molecule has 0 amide bonds. The number of methoxy groups -OCH3 is 1. The van der Waals surface area contributed by atoms with Gasteiger partial charge in [0.1, 0.15) is 12.4 Å². The predicted octanol–water partition coefficient (Wildman–Crippen LogP) is 4.86. The minimum Gasteiger partial charge on any atom is -0.491 e. The van der Waals surface area contributed by atoms with Gasteiger partial charge in [0.05, 0.1) is 28.4 Å². The van der Waals surface area contributed by atoms with Crippen LogP contribution in [0.1, 0.15) is 11.1 Å². The second-order valence-electron chi connectivity index (χ2n) is 7.33. The molecule has 10 heteroatoms. The Kier molecular flexibility index (Phi) is 7.63. The van der Waals surface area contributed by atoms with Gasteiger partial charge in [-0.2, -0.15) is 13.2 Å². The summed E-state index contributed by atoms with van der Waals surface area (Å²) in [5.41, 5.74) is -0.145. The molecule has 0 bridgehead atoms. The first-order chi connectivity index (χ1) is 16.0. The molecule has 34 heavy (non-hydrogen) atoms. The summed E-state index contributed by atoms with van der Waals surface area (Å²) in [6, 6.07) is 14.1. The molecule has 3 aromatic carbocycles. The molecule has 0 atom stereocenters. The van der Waals surface area contributed by atoms with Gasteiger partial charge in [0.25, 0.3) is 0 Å². The maximum Gasteiger partial charge on any atom is 0.416 e. The van der Waals surface area contributed by atoms with E-state index in [-0.39, 0.29) is 45.4 Å². The number of carboxylic acids is 1. The van der Waals surface area contributed by atoms with Crippen LogP contribution in [0.4, 0.5) is 13.2 Å². The molecule has 0 aliphatic carbocycles. The Balaban J connectivity index is 2.03. The van der Waals surface area contributed by atoms with Crippen LogP contribution in [-0.4, -0.2) is 39.8 Å². The van der Waals surface area contributed by atoms with Gasteiger partial charge in [-0.05, 0) is 59.2 Å². The second-order valence-corrected chi connectivity index (χ2v) is 9.28. The van der Waals surface area contributed by atoms with Crippen LogP contribution in [0, 0.1) is 0 Å². The first-order valence-electron chi connectivity index (χ1n) is 10.0. The number of aliphatic carboxylic acids is 1. The molecule has 0 unspecified atom stereocenters. The van der Waals surface area contributed by atoms with Gasteiger partial charge in [-0.3, -0.25) is 4.79 Å². The van der Waals surface area contributed by atoms with Crippen LogP contribution >= 0.6 is 0 Å². The van der Waals surface area contributed by atoms with E-state index >= 15 is 0 Å². The van der Waals surface area contributed by atoms with Crippen molar-refractivity contribution >= 4 is 15.8 Å². The number of hydrogen-bond donors (Lipinski definition) is 1. The number of halogens is 3. The summed E-state index contributed by atoms with van der Waals surface area (Å²) < 4.78 is 76.4. The Morgan fingerprint density at radius 3 is 2.24 bits per heavy atom. The van der Waals surface area contributed by atoms with E-state index in [1.807, 2.05) is 0 Å². The highest BCUT2D eigenvalue weighted by molar-refractivity contribution is 7.91. The zero-order valence-electron chi connectivity index (χ0n) is 18.0. The average Bonchev–Trinajstić information content (AvgIpc) is 2.78. The van der Waals surface area contributed by atoms with Gasteiger partial charge in [-0.15, -0.1) is 0 Å². The summed E-state index contributed by atoms with van der Waals surface area (Å²) in [7, 11) is -2.68. The lowest BCUT2D eigenvalue weighted by atomic mass is 10.0. The molecule has 0 spiro atoms. The monoisotopic (exact) mass is 494 g/mol. The van der Waals surface area contributed by atoms with Gasteiger partial charge in [0.2, 0.25) is 9.84 Å². The number of carboxylic acid groups (broad SMARTS) is 1. The molecule has 180 valence electrons. The molecule has 0 heterocycles. The van der Waals surface area contributed by atoms with Crippen molar-refractivity contribution in [2.45, 2.75) is 22.4 Å². The number of benzene rings is 3. The van der Waals surface area contributed by atoms with Gasteiger partial charge in [-0.1, -0.05) is 24.3 Å². The maximum atomic E-state index is 13.4. The molecule has 0 aromatic heterocycles. The second kappa shape index (κ2) is 10.3. The molecular formula is C24H21F3O6S. The molecule has 3 rings (SSSR count). The molecule has 0 radical (unpaired) electrons. The number of rotatable bonds is 9. The molecule has 6 nitrogen and oxygen atoms in total. The summed E-state index contributed by atoms with van der Waals surface area (Å²) >= 11 is 0. The summed E-state index contributed by atoms with van der Waals surface area (Å²) in [6.45, 7) is 0.363. The third-order valence-electron chi connectivity index (χ3n) is 4.83. The zero-order valence-corrected chi connectivity index (χ0v) is 18.8. The molecule has 1 N–H and O–H groups in total. The van der Waals surface area contributed by atoms with Crippen LogP contribution in [0.5, 0.6) is 5.75 Å². The van der Waals surface area contributed by atoms with E-state index in [9.17, 15) is 26.4 Å². The maximum absolute atomic E-state index is 13.4. The zero-order chi connectivity index (χ0) is 24.9. The van der Waals surface area contributed by atoms with E-state index in [0.29, 0.717) is 0 Å². The molecule has 0 fully saturated rings. The lowest BCUT2D eigenvalue weighted by Crippen LogP contribution is -2.08. The molecule has 3 aromatic rings. The Morgan fingerprint density at radius 1 is 0.912 bits per heavy atom. The van der Waals surface area contributed by atoms with Crippen LogP contribution < -0.4 is 4.74 Å². The largest absolute Gasteiger partial charge is 0.491 e. The van der Waals surface area contributed by atoms with Crippen molar-refractivity contribution in [2.75, 3.05) is 20.3 Å². The number of hydrogen-bond acceptors (Lipinski definition) is 5. The predicted molar refractivity (Wildman–Crippen MR) is 117 cm³/mol. The van der Waals surface area contributed by atoms with E-state index in [0.717, 1.165) is 12.1 Å². The smallest absolute Gasteiger partial charge is 0.416 e. The van der Waals surface area contributed by atoms with E-state index in [1.54, 1.807) is 0 Å². The molecule has 0 saturated carbocycles. The molecule has 0 aliphatic rings. The Morgan fingerprint density at radius 2 is 1.59 bits per heavy atom. The normalized spacial score (nSPS) is 11.9. The number of sulfone groups is 1. The number of carbonyl (C=O) groups is 1. The summed E-state index contributed by atoms with van der Waals surface area (Å²) in [6.07, 6.45) is -4.96. The van der Waals surface area contributed by atoms with Crippen molar-refractivity contribution in [3.05, 3.63) is 77.9 Å². The quantitative estimate of drug-likeness (QED) is 0.428. The van der Waals surface area contributed by atoms with Gasteiger partial charge < -0.3 is 14.6 Å². The minimum absolute atomic E-state index is 0.123. The van der Waals surface area contributed by atoms with Crippen LogP contribution in [0.15, 0.2) is 76.5 Å². The Labute approximate surface area is 194 Å². The first-order valence-corrected chi connectivity index (χ1v) is 11.5. The summed E-state index contributed by atoms with van der Waals surface area (Å²) in [4.78, 5) is 10.8.